The standard InChI is InChI=1S/C15H20F2N2O/c1-3-19-9-7-11(8-10-19)18(2)15(20)12-5-4-6-13(16)14(12)17/h4-6,11H,3,7-10H2,1-2H3. The monoisotopic (exact) mass is 282 g/mol. The Morgan fingerprint density at radius 2 is 2.00 bits per heavy atom. The van der Waals surface area contributed by atoms with E-state index in [0.29, 0.717) is 0 Å². The quantitative estimate of drug-likeness (QED) is 0.850. The Morgan fingerprint density at radius 1 is 1.35 bits per heavy atom. The van der Waals surface area contributed by atoms with Gasteiger partial charge in [-0.15, -0.1) is 0 Å². The highest BCUT2D eigenvalue weighted by molar-refractivity contribution is 5.94. The summed E-state index contributed by atoms with van der Waals surface area (Å²) in [6.45, 7) is 4.98. The van der Waals surface area contributed by atoms with E-state index in [1.807, 2.05) is 0 Å². The van der Waals surface area contributed by atoms with Gasteiger partial charge in [0.15, 0.2) is 11.6 Å². The van der Waals surface area contributed by atoms with Crippen molar-refractivity contribution >= 4 is 5.91 Å². The van der Waals surface area contributed by atoms with Crippen LogP contribution in [0.4, 0.5) is 8.78 Å². The average molecular weight is 282 g/mol. The zero-order chi connectivity index (χ0) is 14.7. The van der Waals surface area contributed by atoms with E-state index in [4.69, 9.17) is 0 Å². The van der Waals surface area contributed by atoms with Crippen molar-refractivity contribution in [3.63, 3.8) is 0 Å². The summed E-state index contributed by atoms with van der Waals surface area (Å²) in [5.41, 5.74) is -0.189. The Morgan fingerprint density at radius 3 is 2.60 bits per heavy atom. The van der Waals surface area contributed by atoms with Gasteiger partial charge in [0.1, 0.15) is 0 Å². The van der Waals surface area contributed by atoms with Crippen LogP contribution in [-0.2, 0) is 0 Å². The highest BCUT2D eigenvalue weighted by Crippen LogP contribution is 2.19. The van der Waals surface area contributed by atoms with Gasteiger partial charge in [-0.3, -0.25) is 4.79 Å². The second kappa shape index (κ2) is 6.31. The summed E-state index contributed by atoms with van der Waals surface area (Å²) in [7, 11) is 1.67. The summed E-state index contributed by atoms with van der Waals surface area (Å²) >= 11 is 0. The molecule has 0 aromatic heterocycles. The molecule has 0 saturated carbocycles. The predicted molar refractivity (Wildman–Crippen MR) is 73.6 cm³/mol. The molecule has 1 aromatic carbocycles. The number of nitrogens with zero attached hydrogens (tertiary/aromatic N) is 2. The van der Waals surface area contributed by atoms with E-state index < -0.39 is 17.5 Å². The molecule has 5 heteroatoms. The Kier molecular flexibility index (Phi) is 4.70. The van der Waals surface area contributed by atoms with Gasteiger partial charge in [0.05, 0.1) is 5.56 Å². The summed E-state index contributed by atoms with van der Waals surface area (Å²) in [6.07, 6.45) is 1.74. The third-order valence-electron chi connectivity index (χ3n) is 4.05. The first-order valence-electron chi connectivity index (χ1n) is 6.98. The van der Waals surface area contributed by atoms with Crippen LogP contribution in [0.3, 0.4) is 0 Å². The number of amides is 1. The number of piperidine rings is 1. The number of halogens is 2. The third kappa shape index (κ3) is 2.98. The molecule has 1 fully saturated rings. The van der Waals surface area contributed by atoms with Crippen molar-refractivity contribution in [1.82, 2.24) is 9.80 Å². The maximum Gasteiger partial charge on any atom is 0.256 e. The van der Waals surface area contributed by atoms with E-state index in [1.165, 1.54) is 12.1 Å². The Balaban J connectivity index is 2.07. The molecular weight excluding hydrogens is 262 g/mol. The molecule has 0 atom stereocenters. The third-order valence-corrected chi connectivity index (χ3v) is 4.05. The van der Waals surface area contributed by atoms with Crippen LogP contribution in [0.15, 0.2) is 18.2 Å². The molecule has 3 nitrogen and oxygen atoms in total. The fraction of sp³-hybridized carbons (Fsp3) is 0.533. The van der Waals surface area contributed by atoms with Crippen LogP contribution in [0.5, 0.6) is 0 Å². The molecule has 1 heterocycles. The molecule has 0 aliphatic carbocycles. The zero-order valence-electron chi connectivity index (χ0n) is 11.9. The van der Waals surface area contributed by atoms with Crippen molar-refractivity contribution in [3.05, 3.63) is 35.4 Å². The van der Waals surface area contributed by atoms with Crippen LogP contribution >= 0.6 is 0 Å². The highest BCUT2D eigenvalue weighted by Gasteiger charge is 2.27. The molecule has 110 valence electrons. The van der Waals surface area contributed by atoms with Gasteiger partial charge in [-0.1, -0.05) is 13.0 Å². The minimum absolute atomic E-state index is 0.0907. The van der Waals surface area contributed by atoms with Crippen molar-refractivity contribution < 1.29 is 13.6 Å². The van der Waals surface area contributed by atoms with E-state index in [2.05, 4.69) is 11.8 Å². The molecule has 0 radical (unpaired) electrons. The van der Waals surface area contributed by atoms with Gasteiger partial charge >= 0.3 is 0 Å². The average Bonchev–Trinajstić information content (AvgIpc) is 2.48. The lowest BCUT2D eigenvalue weighted by Gasteiger charge is -2.36. The summed E-state index contributed by atoms with van der Waals surface area (Å²) in [6, 6.07) is 3.80. The number of hydrogen-bond acceptors (Lipinski definition) is 2. The minimum atomic E-state index is -1.06. The first-order chi connectivity index (χ1) is 9.54. The number of rotatable bonds is 3. The second-order valence-electron chi connectivity index (χ2n) is 5.18. The van der Waals surface area contributed by atoms with E-state index in [1.54, 1.807) is 11.9 Å². The normalized spacial score (nSPS) is 17.2. The molecule has 0 N–H and O–H groups in total. The van der Waals surface area contributed by atoms with Gasteiger partial charge in [0.25, 0.3) is 5.91 Å². The summed E-state index contributed by atoms with van der Waals surface area (Å²) < 4.78 is 26.9. The first-order valence-corrected chi connectivity index (χ1v) is 6.98. The first kappa shape index (κ1) is 14.9. The number of likely N-dealkylation sites (tertiary alicyclic amines) is 1. The van der Waals surface area contributed by atoms with Crippen LogP contribution < -0.4 is 0 Å². The molecule has 2 rings (SSSR count). The van der Waals surface area contributed by atoms with E-state index in [9.17, 15) is 13.6 Å². The van der Waals surface area contributed by atoms with E-state index in [-0.39, 0.29) is 11.6 Å². The van der Waals surface area contributed by atoms with Crippen molar-refractivity contribution in [2.24, 2.45) is 0 Å². The molecule has 1 aliphatic heterocycles. The smallest absolute Gasteiger partial charge is 0.256 e. The predicted octanol–water partition coefficient (Wildman–Crippen LogP) is 2.52. The van der Waals surface area contributed by atoms with E-state index in [0.717, 1.165) is 38.5 Å². The lowest BCUT2D eigenvalue weighted by molar-refractivity contribution is 0.0641. The van der Waals surface area contributed by atoms with Crippen LogP contribution in [0.1, 0.15) is 30.1 Å². The molecule has 0 unspecified atom stereocenters. The zero-order valence-corrected chi connectivity index (χ0v) is 11.9. The topological polar surface area (TPSA) is 23.6 Å². The molecule has 1 aromatic rings. The molecule has 1 aliphatic rings. The van der Waals surface area contributed by atoms with Crippen LogP contribution in [-0.4, -0.2) is 48.4 Å². The number of carbonyl (C=O) groups excluding carboxylic acids is 1. The van der Waals surface area contributed by atoms with Crippen molar-refractivity contribution in [2.45, 2.75) is 25.8 Å². The highest BCUT2D eigenvalue weighted by atomic mass is 19.2. The Bertz CT molecular complexity index is 485. The molecular formula is C15H20F2N2O. The minimum Gasteiger partial charge on any atom is -0.339 e. The molecule has 1 amide bonds. The maximum atomic E-state index is 13.7. The Labute approximate surface area is 118 Å². The van der Waals surface area contributed by atoms with Crippen molar-refractivity contribution in [2.75, 3.05) is 26.7 Å². The second-order valence-corrected chi connectivity index (χ2v) is 5.18. The van der Waals surface area contributed by atoms with Gasteiger partial charge in [0.2, 0.25) is 0 Å². The number of hydrogen-bond donors (Lipinski definition) is 0. The molecule has 20 heavy (non-hydrogen) atoms. The lowest BCUT2D eigenvalue weighted by Crippen LogP contribution is -2.45. The van der Waals surface area contributed by atoms with Crippen molar-refractivity contribution in [1.29, 1.82) is 0 Å². The van der Waals surface area contributed by atoms with Gasteiger partial charge < -0.3 is 9.80 Å². The molecule has 1 saturated heterocycles. The summed E-state index contributed by atoms with van der Waals surface area (Å²) in [5.74, 6) is -2.49. The number of benzene rings is 1. The van der Waals surface area contributed by atoms with Gasteiger partial charge in [-0.25, -0.2) is 8.78 Å². The van der Waals surface area contributed by atoms with Gasteiger partial charge in [0, 0.05) is 26.2 Å². The molecule has 0 spiro atoms. The van der Waals surface area contributed by atoms with Gasteiger partial charge in [-0.05, 0) is 31.5 Å². The van der Waals surface area contributed by atoms with Crippen LogP contribution in [0.2, 0.25) is 0 Å². The molecule has 0 bridgehead atoms. The SMILES string of the molecule is CCN1CCC(N(C)C(=O)c2cccc(F)c2F)CC1. The fourth-order valence-corrected chi connectivity index (χ4v) is 2.65. The van der Waals surface area contributed by atoms with Gasteiger partial charge in [-0.2, -0.15) is 0 Å². The lowest BCUT2D eigenvalue weighted by atomic mass is 10.0. The Hall–Kier alpha value is -1.49. The number of carbonyl (C=O) groups is 1. The largest absolute Gasteiger partial charge is 0.339 e. The van der Waals surface area contributed by atoms with Crippen LogP contribution in [0.25, 0.3) is 0 Å². The van der Waals surface area contributed by atoms with Crippen LogP contribution in [0, 0.1) is 11.6 Å². The summed E-state index contributed by atoms with van der Waals surface area (Å²) in [5, 5.41) is 0. The van der Waals surface area contributed by atoms with Crippen molar-refractivity contribution in [3.8, 4) is 0 Å². The fourth-order valence-electron chi connectivity index (χ4n) is 2.65. The maximum absolute atomic E-state index is 13.7. The van der Waals surface area contributed by atoms with E-state index >= 15 is 0 Å². The summed E-state index contributed by atoms with van der Waals surface area (Å²) in [4.78, 5) is 16.1.